The summed E-state index contributed by atoms with van der Waals surface area (Å²) in [7, 11) is 0. The molecule has 1 aromatic carbocycles. The van der Waals surface area contributed by atoms with Crippen LogP contribution in [0.5, 0.6) is 0 Å². The van der Waals surface area contributed by atoms with Gasteiger partial charge in [0.1, 0.15) is 0 Å². The molecule has 1 aliphatic rings. The van der Waals surface area contributed by atoms with E-state index in [2.05, 4.69) is 0 Å². The zero-order valence-electron chi connectivity index (χ0n) is 10.4. The molecule has 1 aliphatic carbocycles. The van der Waals surface area contributed by atoms with Gasteiger partial charge in [-0.25, -0.2) is 4.79 Å². The Kier molecular flexibility index (Phi) is 3.68. The van der Waals surface area contributed by atoms with Crippen molar-refractivity contribution in [3.63, 3.8) is 0 Å². The van der Waals surface area contributed by atoms with E-state index in [0.717, 1.165) is 0 Å². The van der Waals surface area contributed by atoms with E-state index in [1.54, 1.807) is 6.92 Å². The highest BCUT2D eigenvalue weighted by Crippen LogP contribution is 2.39. The zero-order valence-corrected chi connectivity index (χ0v) is 10.4. The van der Waals surface area contributed by atoms with Gasteiger partial charge in [-0.2, -0.15) is 13.2 Å². The maximum atomic E-state index is 13.0. The van der Waals surface area contributed by atoms with Crippen LogP contribution in [0.1, 0.15) is 30.1 Å². The zero-order chi connectivity index (χ0) is 14.0. The Morgan fingerprint density at radius 1 is 1.42 bits per heavy atom. The third-order valence-electron chi connectivity index (χ3n) is 2.82. The normalized spacial score (nSPS) is 15.2. The molecule has 0 bridgehead atoms. The molecule has 0 amide bonds. The number of anilines is 1. The van der Waals surface area contributed by atoms with Gasteiger partial charge in [0.15, 0.2) is 0 Å². The number of alkyl halides is 3. The molecule has 0 heterocycles. The number of nitrogens with zero attached hydrogens (tertiary/aromatic N) is 1. The summed E-state index contributed by atoms with van der Waals surface area (Å²) in [5.74, 6) is -0.609. The Bertz CT molecular complexity index is 469. The third kappa shape index (κ3) is 3.19. The summed E-state index contributed by atoms with van der Waals surface area (Å²) in [6, 6.07) is 4.95. The van der Waals surface area contributed by atoms with E-state index in [4.69, 9.17) is 4.74 Å². The topological polar surface area (TPSA) is 29.5 Å². The molecule has 3 nitrogen and oxygen atoms in total. The number of halogens is 3. The molecule has 0 N–H and O–H groups in total. The molecule has 1 aromatic rings. The molecule has 104 valence electrons. The lowest BCUT2D eigenvalue weighted by molar-refractivity contribution is -0.130. The van der Waals surface area contributed by atoms with Crippen LogP contribution in [0, 0.1) is 0 Å². The van der Waals surface area contributed by atoms with E-state index in [0.29, 0.717) is 17.7 Å². The van der Waals surface area contributed by atoms with E-state index in [9.17, 15) is 18.0 Å². The summed E-state index contributed by atoms with van der Waals surface area (Å²) < 4.78 is 43.7. The van der Waals surface area contributed by atoms with E-state index in [1.165, 1.54) is 24.3 Å². The predicted molar refractivity (Wildman–Crippen MR) is 64.0 cm³/mol. The maximum Gasteiger partial charge on any atom is 0.485 e. The lowest BCUT2D eigenvalue weighted by Gasteiger charge is -2.27. The third-order valence-corrected chi connectivity index (χ3v) is 2.82. The number of ether oxygens (including phenoxy) is 1. The Balaban J connectivity index is 2.28. The van der Waals surface area contributed by atoms with E-state index in [1.807, 2.05) is 0 Å². The molecule has 0 unspecified atom stereocenters. The Hall–Kier alpha value is -1.72. The molecule has 0 spiro atoms. The molecule has 1 saturated carbocycles. The van der Waals surface area contributed by atoms with Crippen molar-refractivity contribution in [3.05, 3.63) is 29.8 Å². The number of rotatable bonds is 4. The smallest absolute Gasteiger partial charge is 0.462 e. The van der Waals surface area contributed by atoms with Gasteiger partial charge in [0, 0.05) is 11.7 Å². The first-order valence-corrected chi connectivity index (χ1v) is 6.06. The minimum Gasteiger partial charge on any atom is -0.462 e. The van der Waals surface area contributed by atoms with Crippen LogP contribution in [-0.2, 0) is 4.74 Å². The monoisotopic (exact) mass is 273 g/mol. The van der Waals surface area contributed by atoms with Crippen LogP contribution in [-0.4, -0.2) is 24.9 Å². The van der Waals surface area contributed by atoms with Gasteiger partial charge in [0.25, 0.3) is 0 Å². The van der Waals surface area contributed by atoms with Gasteiger partial charge in [-0.05, 0) is 38.0 Å². The summed E-state index contributed by atoms with van der Waals surface area (Å²) in [6.45, 7) is 1.84. The fraction of sp³-hybridized carbons (Fsp3) is 0.462. The first kappa shape index (κ1) is 13.7. The summed E-state index contributed by atoms with van der Waals surface area (Å²) in [5.41, 5.74) is 0.120. The van der Waals surface area contributed by atoms with Gasteiger partial charge < -0.3 is 4.74 Å². The summed E-state index contributed by atoms with van der Waals surface area (Å²) >= 11 is 0. The molecular weight excluding hydrogens is 259 g/mol. The van der Waals surface area contributed by atoms with Gasteiger partial charge in [-0.1, -0.05) is 6.07 Å². The number of hydrogen-bond acceptors (Lipinski definition) is 3. The lowest BCUT2D eigenvalue weighted by Crippen LogP contribution is -2.40. The predicted octanol–water partition coefficient (Wildman–Crippen LogP) is 3.35. The number of carbonyl (C=O) groups is 1. The highest BCUT2D eigenvalue weighted by molar-refractivity contribution is 5.90. The first-order valence-electron chi connectivity index (χ1n) is 6.06. The summed E-state index contributed by atoms with van der Waals surface area (Å²) in [5, 5.41) is 0. The largest absolute Gasteiger partial charge is 0.485 e. The summed E-state index contributed by atoms with van der Waals surface area (Å²) in [6.07, 6.45) is -3.40. The van der Waals surface area contributed by atoms with Gasteiger partial charge in [-0.3, -0.25) is 4.90 Å². The minimum absolute atomic E-state index is 0.0134. The molecule has 0 saturated heterocycles. The highest BCUT2D eigenvalue weighted by atomic mass is 19.4. The number of carbonyl (C=O) groups excluding carboxylic acids is 1. The van der Waals surface area contributed by atoms with E-state index < -0.39 is 18.3 Å². The second kappa shape index (κ2) is 5.11. The van der Waals surface area contributed by atoms with Crippen LogP contribution in [0.2, 0.25) is 0 Å². The van der Waals surface area contributed by atoms with Crippen molar-refractivity contribution >= 4 is 11.7 Å². The Labute approximate surface area is 109 Å². The average molecular weight is 273 g/mol. The highest BCUT2D eigenvalue weighted by Gasteiger charge is 2.46. The first-order chi connectivity index (χ1) is 8.93. The van der Waals surface area contributed by atoms with Crippen molar-refractivity contribution in [3.8, 4) is 0 Å². The van der Waals surface area contributed by atoms with Crippen LogP contribution in [0.3, 0.4) is 0 Å². The molecule has 0 aliphatic heterocycles. The molecule has 0 radical (unpaired) electrons. The van der Waals surface area contributed by atoms with Crippen molar-refractivity contribution < 1.29 is 22.7 Å². The van der Waals surface area contributed by atoms with Crippen molar-refractivity contribution in [2.75, 3.05) is 11.5 Å². The Morgan fingerprint density at radius 2 is 2.11 bits per heavy atom. The minimum atomic E-state index is -4.44. The number of esters is 1. The van der Waals surface area contributed by atoms with E-state index >= 15 is 0 Å². The molecular formula is C13H14F3NO2. The van der Waals surface area contributed by atoms with E-state index in [-0.39, 0.29) is 17.9 Å². The molecule has 1 fully saturated rings. The van der Waals surface area contributed by atoms with Crippen LogP contribution in [0.4, 0.5) is 18.9 Å². The lowest BCUT2D eigenvalue weighted by atomic mass is 10.2. The molecule has 0 aromatic heterocycles. The molecule has 19 heavy (non-hydrogen) atoms. The standard InChI is InChI=1S/C13H14F3NO2/c1-2-19-12(18)9-4-3-5-11(8-9)17(10-6-7-10)13(14,15)16/h3-5,8,10H,2,6-7H2,1H3. The van der Waals surface area contributed by atoms with Gasteiger partial charge in [0.05, 0.1) is 12.2 Å². The second-order valence-electron chi connectivity index (χ2n) is 4.34. The quantitative estimate of drug-likeness (QED) is 0.622. The SMILES string of the molecule is CCOC(=O)c1cccc(N(C2CC2)C(F)(F)F)c1. The number of hydrogen-bond donors (Lipinski definition) is 0. The van der Waals surface area contributed by atoms with Gasteiger partial charge in [-0.15, -0.1) is 0 Å². The summed E-state index contributed by atoms with van der Waals surface area (Å²) in [4.78, 5) is 11.9. The average Bonchev–Trinajstić information content (AvgIpc) is 3.12. The van der Waals surface area contributed by atoms with Crippen molar-refractivity contribution in [2.45, 2.75) is 32.1 Å². The van der Waals surface area contributed by atoms with Crippen molar-refractivity contribution in [2.24, 2.45) is 0 Å². The van der Waals surface area contributed by atoms with Crippen LogP contribution < -0.4 is 4.90 Å². The van der Waals surface area contributed by atoms with Crippen molar-refractivity contribution in [1.82, 2.24) is 0 Å². The van der Waals surface area contributed by atoms with Gasteiger partial charge in [0.2, 0.25) is 0 Å². The van der Waals surface area contributed by atoms with Crippen LogP contribution in [0.25, 0.3) is 0 Å². The maximum absolute atomic E-state index is 13.0. The van der Waals surface area contributed by atoms with Crippen LogP contribution in [0.15, 0.2) is 24.3 Å². The second-order valence-corrected chi connectivity index (χ2v) is 4.34. The fourth-order valence-electron chi connectivity index (χ4n) is 1.89. The fourth-order valence-corrected chi connectivity index (χ4v) is 1.89. The van der Waals surface area contributed by atoms with Crippen molar-refractivity contribution in [1.29, 1.82) is 0 Å². The van der Waals surface area contributed by atoms with Gasteiger partial charge >= 0.3 is 12.3 Å². The molecule has 2 rings (SSSR count). The molecule has 6 heteroatoms. The number of benzene rings is 1. The Morgan fingerprint density at radius 3 is 2.63 bits per heavy atom. The molecule has 0 atom stereocenters. The van der Waals surface area contributed by atoms with Crippen LogP contribution >= 0.6 is 0 Å².